The SMILES string of the molecule is N[C@@](CF)(C[C@H](O)C(F)(F)F)c1cccc(F)c1F. The Bertz CT molecular complexity index is 449. The molecule has 0 heterocycles. The number of benzene rings is 1. The van der Waals surface area contributed by atoms with E-state index >= 15 is 0 Å². The zero-order valence-corrected chi connectivity index (χ0v) is 9.52. The van der Waals surface area contributed by atoms with Gasteiger partial charge in [0.15, 0.2) is 17.7 Å². The average Bonchev–Trinajstić information content (AvgIpc) is 2.31. The molecule has 2 atom stereocenters. The summed E-state index contributed by atoms with van der Waals surface area (Å²) in [5.41, 5.74) is 2.14. The van der Waals surface area contributed by atoms with E-state index in [0.29, 0.717) is 0 Å². The minimum absolute atomic E-state index is 0.720. The normalized spacial score (nSPS) is 17.1. The summed E-state index contributed by atoms with van der Waals surface area (Å²) in [5.74, 6) is -2.89. The van der Waals surface area contributed by atoms with Crippen LogP contribution in [0.25, 0.3) is 0 Å². The van der Waals surface area contributed by atoms with Crippen LogP contribution in [0.2, 0.25) is 0 Å². The van der Waals surface area contributed by atoms with Crippen molar-refractivity contribution in [1.29, 1.82) is 0 Å². The highest BCUT2D eigenvalue weighted by atomic mass is 19.4. The van der Waals surface area contributed by atoms with Crippen LogP contribution in [-0.4, -0.2) is 24.1 Å². The summed E-state index contributed by atoms with van der Waals surface area (Å²) < 4.78 is 76.0. The predicted octanol–water partition coefficient (Wildman–Crippen LogP) is 2.40. The average molecular weight is 287 g/mol. The first kappa shape index (κ1) is 15.8. The van der Waals surface area contributed by atoms with Crippen LogP contribution < -0.4 is 5.73 Å². The summed E-state index contributed by atoms with van der Waals surface area (Å²) in [5, 5.41) is 8.89. The largest absolute Gasteiger partial charge is 0.414 e. The van der Waals surface area contributed by atoms with Gasteiger partial charge in [0.1, 0.15) is 6.67 Å². The summed E-state index contributed by atoms with van der Waals surface area (Å²) in [6, 6.07) is 2.59. The Kier molecular flexibility index (Phi) is 4.46. The second kappa shape index (κ2) is 5.38. The molecule has 8 heteroatoms. The smallest absolute Gasteiger partial charge is 0.384 e. The molecule has 0 aromatic heterocycles. The third-order valence-corrected chi connectivity index (χ3v) is 2.66. The first-order valence-electron chi connectivity index (χ1n) is 5.16. The highest BCUT2D eigenvalue weighted by Gasteiger charge is 2.44. The van der Waals surface area contributed by atoms with Crippen LogP contribution >= 0.6 is 0 Å². The van der Waals surface area contributed by atoms with E-state index in [1.54, 1.807) is 0 Å². The maximum Gasteiger partial charge on any atom is 0.414 e. The molecule has 0 aliphatic carbocycles. The lowest BCUT2D eigenvalue weighted by atomic mass is 9.86. The first-order valence-corrected chi connectivity index (χ1v) is 5.16. The molecule has 3 N–H and O–H groups in total. The molecule has 19 heavy (non-hydrogen) atoms. The van der Waals surface area contributed by atoms with Gasteiger partial charge in [0.05, 0.1) is 5.54 Å². The van der Waals surface area contributed by atoms with Gasteiger partial charge in [-0.25, -0.2) is 13.2 Å². The lowest BCUT2D eigenvalue weighted by Crippen LogP contribution is -2.46. The van der Waals surface area contributed by atoms with Crippen LogP contribution in [0, 0.1) is 11.6 Å². The number of halogens is 6. The van der Waals surface area contributed by atoms with Crippen molar-refractivity contribution in [3.63, 3.8) is 0 Å². The van der Waals surface area contributed by atoms with Crippen LogP contribution in [0.1, 0.15) is 12.0 Å². The van der Waals surface area contributed by atoms with Gasteiger partial charge < -0.3 is 10.8 Å². The fraction of sp³-hybridized carbons (Fsp3) is 0.455. The highest BCUT2D eigenvalue weighted by Crippen LogP contribution is 2.33. The van der Waals surface area contributed by atoms with Gasteiger partial charge in [0, 0.05) is 12.0 Å². The molecule has 0 bridgehead atoms. The zero-order chi connectivity index (χ0) is 14.8. The minimum atomic E-state index is -5.02. The number of aliphatic hydroxyl groups excluding tert-OH is 1. The van der Waals surface area contributed by atoms with E-state index in [0.717, 1.165) is 18.2 Å². The van der Waals surface area contributed by atoms with Crippen molar-refractivity contribution < 1.29 is 31.4 Å². The summed E-state index contributed by atoms with van der Waals surface area (Å²) in [6.07, 6.45) is -9.27. The molecule has 0 unspecified atom stereocenters. The molecular formula is C11H11F6NO. The molecule has 0 spiro atoms. The third kappa shape index (κ3) is 3.38. The Labute approximate surface area is 104 Å². The molecule has 0 saturated heterocycles. The Morgan fingerprint density at radius 3 is 2.26 bits per heavy atom. The molecule has 1 rings (SSSR count). The van der Waals surface area contributed by atoms with E-state index in [9.17, 15) is 26.3 Å². The summed E-state index contributed by atoms with van der Waals surface area (Å²) in [4.78, 5) is 0. The maximum atomic E-state index is 13.4. The van der Waals surface area contributed by atoms with Gasteiger partial charge in [-0.3, -0.25) is 0 Å². The van der Waals surface area contributed by atoms with E-state index < -0.39 is 48.1 Å². The Morgan fingerprint density at radius 1 is 1.21 bits per heavy atom. The van der Waals surface area contributed by atoms with Crippen molar-refractivity contribution in [3.05, 3.63) is 35.4 Å². The van der Waals surface area contributed by atoms with Crippen molar-refractivity contribution in [2.45, 2.75) is 24.2 Å². The van der Waals surface area contributed by atoms with Crippen molar-refractivity contribution in [3.8, 4) is 0 Å². The number of rotatable bonds is 4. The van der Waals surface area contributed by atoms with Crippen molar-refractivity contribution in [2.75, 3.05) is 6.67 Å². The molecule has 1 aromatic carbocycles. The monoisotopic (exact) mass is 287 g/mol. The Balaban J connectivity index is 3.14. The molecule has 0 saturated carbocycles. The Morgan fingerprint density at radius 2 is 1.79 bits per heavy atom. The number of nitrogens with two attached hydrogens (primary N) is 1. The quantitative estimate of drug-likeness (QED) is 0.835. The molecule has 0 aliphatic heterocycles. The Hall–Kier alpha value is -1.28. The molecule has 0 aliphatic rings. The number of hydrogen-bond donors (Lipinski definition) is 2. The first-order chi connectivity index (χ1) is 8.62. The van der Waals surface area contributed by atoms with Gasteiger partial charge in [-0.1, -0.05) is 12.1 Å². The molecule has 0 fully saturated rings. The number of hydrogen-bond acceptors (Lipinski definition) is 2. The molecule has 1 aromatic rings. The van der Waals surface area contributed by atoms with Crippen LogP contribution in [0.5, 0.6) is 0 Å². The van der Waals surface area contributed by atoms with Crippen molar-refractivity contribution in [2.24, 2.45) is 5.73 Å². The van der Waals surface area contributed by atoms with E-state index in [1.807, 2.05) is 0 Å². The lowest BCUT2D eigenvalue weighted by molar-refractivity contribution is -0.210. The molecule has 2 nitrogen and oxygen atoms in total. The highest BCUT2D eigenvalue weighted by molar-refractivity contribution is 5.27. The van der Waals surface area contributed by atoms with Crippen LogP contribution in [0.4, 0.5) is 26.3 Å². The van der Waals surface area contributed by atoms with Crippen molar-refractivity contribution >= 4 is 0 Å². The second-order valence-electron chi connectivity index (χ2n) is 4.15. The van der Waals surface area contributed by atoms with E-state index in [4.69, 9.17) is 10.8 Å². The van der Waals surface area contributed by atoms with Crippen molar-refractivity contribution in [1.82, 2.24) is 0 Å². The van der Waals surface area contributed by atoms with Gasteiger partial charge in [-0.05, 0) is 6.07 Å². The van der Waals surface area contributed by atoms with Gasteiger partial charge in [0.2, 0.25) is 0 Å². The van der Waals surface area contributed by atoms with E-state index in [1.165, 1.54) is 0 Å². The standard InChI is InChI=1S/C11H11F6NO/c12-5-10(18,4-8(19)11(15,16)17)6-2-1-3-7(13)9(6)14/h1-3,8,19H,4-5,18H2/t8-,10+/m0/s1. The number of alkyl halides is 4. The number of aliphatic hydroxyl groups is 1. The fourth-order valence-electron chi connectivity index (χ4n) is 1.59. The van der Waals surface area contributed by atoms with Gasteiger partial charge in [0.25, 0.3) is 0 Å². The van der Waals surface area contributed by atoms with Crippen LogP contribution in [-0.2, 0) is 5.54 Å². The van der Waals surface area contributed by atoms with Gasteiger partial charge in [-0.15, -0.1) is 0 Å². The van der Waals surface area contributed by atoms with Gasteiger partial charge in [-0.2, -0.15) is 13.2 Å². The molecule has 0 radical (unpaired) electrons. The van der Waals surface area contributed by atoms with Crippen LogP contribution in [0.3, 0.4) is 0 Å². The second-order valence-corrected chi connectivity index (χ2v) is 4.15. The summed E-state index contributed by atoms with van der Waals surface area (Å²) >= 11 is 0. The predicted molar refractivity (Wildman–Crippen MR) is 54.9 cm³/mol. The molecular weight excluding hydrogens is 276 g/mol. The van der Waals surface area contributed by atoms with E-state index in [2.05, 4.69) is 0 Å². The van der Waals surface area contributed by atoms with Crippen LogP contribution in [0.15, 0.2) is 18.2 Å². The molecule has 108 valence electrons. The maximum absolute atomic E-state index is 13.4. The minimum Gasteiger partial charge on any atom is -0.384 e. The van der Waals surface area contributed by atoms with Gasteiger partial charge >= 0.3 is 6.18 Å². The summed E-state index contributed by atoms with van der Waals surface area (Å²) in [7, 11) is 0. The lowest BCUT2D eigenvalue weighted by Gasteiger charge is -2.30. The van der Waals surface area contributed by atoms with E-state index in [-0.39, 0.29) is 0 Å². The molecule has 0 amide bonds. The summed E-state index contributed by atoms with van der Waals surface area (Å²) in [6.45, 7) is -1.58. The zero-order valence-electron chi connectivity index (χ0n) is 9.52. The topological polar surface area (TPSA) is 46.2 Å². The third-order valence-electron chi connectivity index (χ3n) is 2.66. The fourth-order valence-corrected chi connectivity index (χ4v) is 1.59.